The standard InChI is InChI=1S/C11H11BrN2O2.2C2H6/c12-7-1-2-10-8(4-7)6(5-14-10)3-9(13)11(15)16;2*1-2/h1-2,4-5,9,14H,3,13H2,(H,15,16);2*1-2H3. The molecule has 2 rings (SSSR count). The number of hydrogen-bond donors (Lipinski definition) is 3. The summed E-state index contributed by atoms with van der Waals surface area (Å²) in [6.07, 6.45) is 2.13. The molecule has 1 atom stereocenters. The molecule has 0 bridgehead atoms. The zero-order valence-electron chi connectivity index (χ0n) is 12.4. The second kappa shape index (κ2) is 9.55. The lowest BCUT2D eigenvalue weighted by atomic mass is 10.1. The third-order valence-corrected chi connectivity index (χ3v) is 2.98. The van der Waals surface area contributed by atoms with Crippen molar-refractivity contribution in [3.63, 3.8) is 0 Å². The number of aliphatic carboxylic acids is 1. The lowest BCUT2D eigenvalue weighted by Crippen LogP contribution is -2.32. The number of fused-ring (bicyclic) bond motifs is 1. The fraction of sp³-hybridized carbons (Fsp3) is 0.400. The van der Waals surface area contributed by atoms with Gasteiger partial charge >= 0.3 is 5.97 Å². The van der Waals surface area contributed by atoms with Crippen LogP contribution in [0.1, 0.15) is 33.3 Å². The molecule has 0 saturated heterocycles. The first-order valence-electron chi connectivity index (χ1n) is 6.82. The van der Waals surface area contributed by atoms with E-state index in [1.54, 1.807) is 6.20 Å². The van der Waals surface area contributed by atoms with Gasteiger partial charge < -0.3 is 15.8 Å². The van der Waals surface area contributed by atoms with Crippen LogP contribution in [0, 0.1) is 0 Å². The van der Waals surface area contributed by atoms with E-state index in [1.165, 1.54) is 0 Å². The van der Waals surface area contributed by atoms with Crippen LogP contribution in [0.15, 0.2) is 28.9 Å². The molecule has 4 nitrogen and oxygen atoms in total. The summed E-state index contributed by atoms with van der Waals surface area (Å²) >= 11 is 3.38. The van der Waals surface area contributed by atoms with Crippen molar-refractivity contribution in [2.45, 2.75) is 40.2 Å². The summed E-state index contributed by atoms with van der Waals surface area (Å²) < 4.78 is 0.963. The number of carboxylic acids is 1. The first-order valence-corrected chi connectivity index (χ1v) is 7.61. The van der Waals surface area contributed by atoms with Gasteiger partial charge in [-0.2, -0.15) is 0 Å². The van der Waals surface area contributed by atoms with Crippen molar-refractivity contribution in [1.29, 1.82) is 0 Å². The average Bonchev–Trinajstić information content (AvgIpc) is 2.85. The second-order valence-corrected chi connectivity index (χ2v) is 4.57. The molecule has 0 spiro atoms. The van der Waals surface area contributed by atoms with E-state index < -0.39 is 12.0 Å². The molecule has 0 amide bonds. The van der Waals surface area contributed by atoms with Gasteiger partial charge in [-0.1, -0.05) is 43.6 Å². The molecular formula is C15H23BrN2O2. The van der Waals surface area contributed by atoms with Crippen molar-refractivity contribution >= 4 is 32.8 Å². The molecule has 1 unspecified atom stereocenters. The normalized spacial score (nSPS) is 10.9. The maximum atomic E-state index is 10.7. The number of hydrogen-bond acceptors (Lipinski definition) is 2. The van der Waals surface area contributed by atoms with Gasteiger partial charge in [0.2, 0.25) is 0 Å². The van der Waals surface area contributed by atoms with Gasteiger partial charge in [0, 0.05) is 28.0 Å². The molecule has 20 heavy (non-hydrogen) atoms. The zero-order chi connectivity index (χ0) is 15.7. The van der Waals surface area contributed by atoms with Crippen LogP contribution in [0.5, 0.6) is 0 Å². The summed E-state index contributed by atoms with van der Waals surface area (Å²) in [5.41, 5.74) is 7.42. The highest BCUT2D eigenvalue weighted by Gasteiger charge is 2.14. The van der Waals surface area contributed by atoms with E-state index in [2.05, 4.69) is 20.9 Å². The third kappa shape index (κ3) is 4.98. The van der Waals surface area contributed by atoms with E-state index >= 15 is 0 Å². The van der Waals surface area contributed by atoms with Crippen LogP contribution in [0.4, 0.5) is 0 Å². The summed E-state index contributed by atoms with van der Waals surface area (Å²) in [6, 6.07) is 4.96. The van der Waals surface area contributed by atoms with Crippen LogP contribution in [0.3, 0.4) is 0 Å². The Morgan fingerprint density at radius 1 is 1.35 bits per heavy atom. The maximum Gasteiger partial charge on any atom is 0.320 e. The number of H-pyrrole nitrogens is 1. The van der Waals surface area contributed by atoms with Crippen molar-refractivity contribution in [3.05, 3.63) is 34.4 Å². The Balaban J connectivity index is 0.000000829. The van der Waals surface area contributed by atoms with E-state index in [9.17, 15) is 4.79 Å². The summed E-state index contributed by atoms with van der Waals surface area (Å²) in [7, 11) is 0. The van der Waals surface area contributed by atoms with E-state index in [4.69, 9.17) is 10.8 Å². The Bertz CT molecular complexity index is 538. The fourth-order valence-corrected chi connectivity index (χ4v) is 2.00. The number of benzene rings is 1. The molecule has 2 aromatic rings. The minimum atomic E-state index is -0.982. The Hall–Kier alpha value is -1.33. The molecule has 112 valence electrons. The number of nitrogens with two attached hydrogens (primary N) is 1. The second-order valence-electron chi connectivity index (χ2n) is 3.65. The van der Waals surface area contributed by atoms with E-state index in [-0.39, 0.29) is 0 Å². The Morgan fingerprint density at radius 2 is 1.95 bits per heavy atom. The highest BCUT2D eigenvalue weighted by Crippen LogP contribution is 2.23. The Morgan fingerprint density at radius 3 is 2.50 bits per heavy atom. The highest BCUT2D eigenvalue weighted by atomic mass is 79.9. The van der Waals surface area contributed by atoms with Crippen molar-refractivity contribution < 1.29 is 9.90 Å². The minimum absolute atomic E-state index is 0.325. The van der Waals surface area contributed by atoms with Crippen molar-refractivity contribution in [3.8, 4) is 0 Å². The summed E-state index contributed by atoms with van der Waals surface area (Å²) in [5, 5.41) is 9.77. The topological polar surface area (TPSA) is 79.1 Å². The van der Waals surface area contributed by atoms with Crippen LogP contribution in [-0.4, -0.2) is 22.1 Å². The SMILES string of the molecule is CC.CC.NC(Cc1c[nH]c2ccc(Br)cc12)C(=O)O. The van der Waals surface area contributed by atoms with E-state index in [0.29, 0.717) is 6.42 Å². The number of rotatable bonds is 3. The highest BCUT2D eigenvalue weighted by molar-refractivity contribution is 9.10. The maximum absolute atomic E-state index is 10.7. The molecule has 1 heterocycles. The first-order chi connectivity index (χ1) is 9.58. The van der Waals surface area contributed by atoms with E-state index in [1.807, 2.05) is 45.9 Å². The van der Waals surface area contributed by atoms with Gasteiger partial charge in [-0.15, -0.1) is 0 Å². The number of nitrogens with one attached hydrogen (secondary N) is 1. The van der Waals surface area contributed by atoms with Crippen molar-refractivity contribution in [1.82, 2.24) is 4.98 Å². The van der Waals surface area contributed by atoms with Crippen LogP contribution in [0.2, 0.25) is 0 Å². The molecule has 1 aromatic carbocycles. The molecule has 1 aromatic heterocycles. The zero-order valence-corrected chi connectivity index (χ0v) is 14.0. The number of carbonyl (C=O) groups is 1. The molecule has 4 N–H and O–H groups in total. The quantitative estimate of drug-likeness (QED) is 0.790. The Kier molecular flexibility index (Phi) is 8.92. The van der Waals surface area contributed by atoms with Gasteiger partial charge in [0.15, 0.2) is 0 Å². The lowest BCUT2D eigenvalue weighted by Gasteiger charge is -2.04. The molecule has 0 saturated carbocycles. The summed E-state index contributed by atoms with van der Waals surface area (Å²) in [4.78, 5) is 13.8. The van der Waals surface area contributed by atoms with Crippen LogP contribution >= 0.6 is 15.9 Å². The molecule has 0 radical (unpaired) electrons. The van der Waals surface area contributed by atoms with Crippen LogP contribution in [-0.2, 0) is 11.2 Å². The number of aromatic amines is 1. The first kappa shape index (κ1) is 18.7. The summed E-state index contributed by atoms with van der Waals surface area (Å²) in [5.74, 6) is -0.982. The third-order valence-electron chi connectivity index (χ3n) is 2.49. The molecule has 0 fully saturated rings. The van der Waals surface area contributed by atoms with Crippen molar-refractivity contribution in [2.24, 2.45) is 5.73 Å². The smallest absolute Gasteiger partial charge is 0.320 e. The minimum Gasteiger partial charge on any atom is -0.480 e. The lowest BCUT2D eigenvalue weighted by molar-refractivity contribution is -0.138. The molecular weight excluding hydrogens is 320 g/mol. The van der Waals surface area contributed by atoms with E-state index in [0.717, 1.165) is 20.9 Å². The largest absolute Gasteiger partial charge is 0.480 e. The summed E-state index contributed by atoms with van der Waals surface area (Å²) in [6.45, 7) is 8.00. The molecule has 0 aliphatic heterocycles. The van der Waals surface area contributed by atoms with Gasteiger partial charge in [-0.25, -0.2) is 0 Å². The van der Waals surface area contributed by atoms with Crippen molar-refractivity contribution in [2.75, 3.05) is 0 Å². The Labute approximate surface area is 128 Å². The molecule has 0 aliphatic carbocycles. The number of aromatic nitrogens is 1. The molecule has 0 aliphatic rings. The number of halogens is 1. The van der Waals surface area contributed by atoms with Gasteiger partial charge in [0.05, 0.1) is 0 Å². The number of carboxylic acid groups (broad SMARTS) is 1. The fourth-order valence-electron chi connectivity index (χ4n) is 1.64. The molecule has 5 heteroatoms. The van der Waals surface area contributed by atoms with Gasteiger partial charge in [-0.3, -0.25) is 4.79 Å². The van der Waals surface area contributed by atoms with Crippen LogP contribution in [0.25, 0.3) is 10.9 Å². The van der Waals surface area contributed by atoms with Crippen LogP contribution < -0.4 is 5.73 Å². The van der Waals surface area contributed by atoms with Gasteiger partial charge in [0.25, 0.3) is 0 Å². The monoisotopic (exact) mass is 342 g/mol. The van der Waals surface area contributed by atoms with Gasteiger partial charge in [-0.05, 0) is 23.8 Å². The average molecular weight is 343 g/mol. The predicted octanol–water partition coefficient (Wildman–Crippen LogP) is 3.94. The predicted molar refractivity (Wildman–Crippen MR) is 88.0 cm³/mol. The van der Waals surface area contributed by atoms with Gasteiger partial charge in [0.1, 0.15) is 6.04 Å².